The zero-order chi connectivity index (χ0) is 23.4. The molecule has 2 aliphatic rings. The van der Waals surface area contributed by atoms with Crippen LogP contribution in [0.5, 0.6) is 0 Å². The molecule has 6 heteroatoms. The van der Waals surface area contributed by atoms with E-state index in [1.807, 2.05) is 31.2 Å². The van der Waals surface area contributed by atoms with Gasteiger partial charge in [0.05, 0.1) is 11.8 Å². The van der Waals surface area contributed by atoms with Crippen molar-refractivity contribution in [3.05, 3.63) is 70.3 Å². The summed E-state index contributed by atoms with van der Waals surface area (Å²) in [6.07, 6.45) is 6.77. The predicted octanol–water partition coefficient (Wildman–Crippen LogP) is 4.68. The molecule has 1 amide bonds. The van der Waals surface area contributed by atoms with Crippen molar-refractivity contribution in [2.24, 2.45) is 5.92 Å². The van der Waals surface area contributed by atoms with Crippen LogP contribution >= 0.6 is 0 Å². The molecule has 1 saturated heterocycles. The molecule has 0 saturated carbocycles. The minimum atomic E-state index is -3.38. The average molecular weight is 469 g/mol. The lowest BCUT2D eigenvalue weighted by Crippen LogP contribution is -2.44. The summed E-state index contributed by atoms with van der Waals surface area (Å²) >= 11 is 0. The van der Waals surface area contributed by atoms with E-state index in [9.17, 15) is 13.2 Å². The summed E-state index contributed by atoms with van der Waals surface area (Å²) in [6, 6.07) is 14.3. The van der Waals surface area contributed by atoms with E-state index in [0.717, 1.165) is 30.4 Å². The highest BCUT2D eigenvalue weighted by molar-refractivity contribution is 7.88. The minimum Gasteiger partial charge on any atom is -0.349 e. The molecule has 4 rings (SSSR count). The van der Waals surface area contributed by atoms with Gasteiger partial charge >= 0.3 is 0 Å². The van der Waals surface area contributed by atoms with Crippen LogP contribution in [0.2, 0.25) is 0 Å². The average Bonchev–Trinajstić information content (AvgIpc) is 2.82. The maximum atomic E-state index is 13.0. The van der Waals surface area contributed by atoms with Gasteiger partial charge in [-0.3, -0.25) is 4.79 Å². The molecule has 1 fully saturated rings. The van der Waals surface area contributed by atoms with E-state index < -0.39 is 10.0 Å². The molecular weight excluding hydrogens is 432 g/mol. The van der Waals surface area contributed by atoms with Crippen LogP contribution in [0.15, 0.2) is 42.5 Å². The number of hydrogen-bond donors (Lipinski definition) is 1. The smallest absolute Gasteiger partial charge is 0.223 e. The molecule has 2 aromatic rings. The highest BCUT2D eigenvalue weighted by Crippen LogP contribution is 2.27. The number of sulfonamides is 1. The lowest BCUT2D eigenvalue weighted by Gasteiger charge is -2.31. The third-order valence-corrected chi connectivity index (χ3v) is 9.00. The maximum absolute atomic E-state index is 13.0. The number of nitrogens with one attached hydrogen (secondary N) is 1. The number of carbonyl (C=O) groups is 1. The molecular formula is C27H36N2O3S. The lowest BCUT2D eigenvalue weighted by molar-refractivity contribution is -0.126. The summed E-state index contributed by atoms with van der Waals surface area (Å²) in [5, 5.41) is 3.25. The fraction of sp³-hybridized carbons (Fsp3) is 0.519. The van der Waals surface area contributed by atoms with Gasteiger partial charge in [-0.1, -0.05) is 55.0 Å². The minimum absolute atomic E-state index is 0.00723. The Balaban J connectivity index is 1.34. The Morgan fingerprint density at radius 1 is 1.06 bits per heavy atom. The Morgan fingerprint density at radius 2 is 1.79 bits per heavy atom. The van der Waals surface area contributed by atoms with Crippen LogP contribution in [0, 0.1) is 12.8 Å². The fourth-order valence-corrected chi connectivity index (χ4v) is 6.73. The van der Waals surface area contributed by atoms with Crippen molar-refractivity contribution < 1.29 is 13.2 Å². The first-order chi connectivity index (χ1) is 15.9. The molecule has 2 aromatic carbocycles. The number of benzene rings is 2. The zero-order valence-electron chi connectivity index (χ0n) is 19.8. The molecule has 1 atom stereocenters. The second-order valence-corrected chi connectivity index (χ2v) is 11.6. The summed E-state index contributed by atoms with van der Waals surface area (Å²) < 4.78 is 27.3. The van der Waals surface area contributed by atoms with Gasteiger partial charge in [0.15, 0.2) is 0 Å². The van der Waals surface area contributed by atoms with Gasteiger partial charge in [-0.05, 0) is 74.1 Å². The van der Waals surface area contributed by atoms with Gasteiger partial charge in [0.1, 0.15) is 0 Å². The normalized spacial score (nSPS) is 18.5. The van der Waals surface area contributed by atoms with Crippen LogP contribution in [0.1, 0.15) is 72.9 Å². The SMILES string of the molecule is CCC(NC(=O)C1CCN(S(=O)(=O)Cc2cccc(C)c2)CC1)c1ccc2c(c1)CCCC2. The van der Waals surface area contributed by atoms with Gasteiger partial charge in [0.25, 0.3) is 0 Å². The van der Waals surface area contributed by atoms with Gasteiger partial charge in [-0.15, -0.1) is 0 Å². The second-order valence-electron chi connectivity index (χ2n) is 9.62. The molecule has 0 radical (unpaired) electrons. The number of amides is 1. The third-order valence-electron chi connectivity index (χ3n) is 7.15. The topological polar surface area (TPSA) is 66.5 Å². The molecule has 1 N–H and O–H groups in total. The van der Waals surface area contributed by atoms with Crippen molar-refractivity contribution >= 4 is 15.9 Å². The Hall–Kier alpha value is -2.18. The Morgan fingerprint density at radius 3 is 2.48 bits per heavy atom. The number of fused-ring (bicyclic) bond motifs is 1. The maximum Gasteiger partial charge on any atom is 0.223 e. The van der Waals surface area contributed by atoms with E-state index in [-0.39, 0.29) is 23.6 Å². The molecule has 33 heavy (non-hydrogen) atoms. The number of carbonyl (C=O) groups excluding carboxylic acids is 1. The summed E-state index contributed by atoms with van der Waals surface area (Å²) in [4.78, 5) is 13.0. The van der Waals surface area contributed by atoms with Crippen molar-refractivity contribution in [1.29, 1.82) is 0 Å². The summed E-state index contributed by atoms with van der Waals surface area (Å²) in [5.41, 5.74) is 5.93. The predicted molar refractivity (Wildman–Crippen MR) is 132 cm³/mol. The quantitative estimate of drug-likeness (QED) is 0.641. The second kappa shape index (κ2) is 10.4. The molecule has 1 heterocycles. The van der Waals surface area contributed by atoms with Crippen molar-refractivity contribution in [2.45, 2.75) is 70.6 Å². The van der Waals surface area contributed by atoms with Crippen LogP contribution in [-0.2, 0) is 33.4 Å². The van der Waals surface area contributed by atoms with E-state index in [4.69, 9.17) is 0 Å². The van der Waals surface area contributed by atoms with Crippen LogP contribution < -0.4 is 5.32 Å². The van der Waals surface area contributed by atoms with E-state index in [1.165, 1.54) is 29.5 Å². The molecule has 0 aromatic heterocycles. The first-order valence-corrected chi connectivity index (χ1v) is 13.9. The molecule has 5 nitrogen and oxygen atoms in total. The monoisotopic (exact) mass is 468 g/mol. The van der Waals surface area contributed by atoms with Gasteiger partial charge in [0.2, 0.25) is 15.9 Å². The summed E-state index contributed by atoms with van der Waals surface area (Å²) in [7, 11) is -3.38. The molecule has 0 bridgehead atoms. The van der Waals surface area contributed by atoms with Gasteiger partial charge < -0.3 is 5.32 Å². The summed E-state index contributed by atoms with van der Waals surface area (Å²) in [6.45, 7) is 4.88. The lowest BCUT2D eigenvalue weighted by atomic mass is 9.88. The van der Waals surface area contributed by atoms with E-state index >= 15 is 0 Å². The van der Waals surface area contributed by atoms with E-state index in [2.05, 4.69) is 30.4 Å². The van der Waals surface area contributed by atoms with Gasteiger partial charge in [-0.2, -0.15) is 0 Å². The van der Waals surface area contributed by atoms with Crippen molar-refractivity contribution in [3.8, 4) is 0 Å². The highest BCUT2D eigenvalue weighted by Gasteiger charge is 2.32. The van der Waals surface area contributed by atoms with Crippen LogP contribution in [0.25, 0.3) is 0 Å². The summed E-state index contributed by atoms with van der Waals surface area (Å²) in [5.74, 6) is -0.0701. The highest BCUT2D eigenvalue weighted by atomic mass is 32.2. The molecule has 1 aliphatic carbocycles. The number of hydrogen-bond acceptors (Lipinski definition) is 3. The van der Waals surface area contributed by atoms with Crippen LogP contribution in [0.3, 0.4) is 0 Å². The Kier molecular flexibility index (Phi) is 7.55. The standard InChI is InChI=1S/C27H36N2O3S/c1-3-26(25-12-11-22-9-4-5-10-24(22)18-25)28-27(30)23-13-15-29(16-14-23)33(31,32)19-21-8-6-7-20(2)17-21/h6-8,11-12,17-18,23,26H,3-5,9-10,13-16,19H2,1-2H3,(H,28,30). The molecule has 0 spiro atoms. The van der Waals surface area contributed by atoms with Crippen LogP contribution in [0.4, 0.5) is 0 Å². The number of piperidine rings is 1. The Labute approximate surface area is 198 Å². The molecule has 1 aliphatic heterocycles. The van der Waals surface area contributed by atoms with Crippen molar-refractivity contribution in [1.82, 2.24) is 9.62 Å². The Bertz CT molecular complexity index is 1090. The van der Waals surface area contributed by atoms with Crippen molar-refractivity contribution in [3.63, 3.8) is 0 Å². The zero-order valence-corrected chi connectivity index (χ0v) is 20.7. The number of nitrogens with zero attached hydrogens (tertiary/aromatic N) is 1. The van der Waals surface area contributed by atoms with Gasteiger partial charge in [0, 0.05) is 19.0 Å². The van der Waals surface area contributed by atoms with E-state index in [0.29, 0.717) is 25.9 Å². The first kappa shape index (κ1) is 24.0. The molecule has 178 valence electrons. The third kappa shape index (κ3) is 5.85. The van der Waals surface area contributed by atoms with E-state index in [1.54, 1.807) is 4.31 Å². The number of aryl methyl sites for hydroxylation is 3. The molecule has 1 unspecified atom stereocenters. The van der Waals surface area contributed by atoms with Crippen molar-refractivity contribution in [2.75, 3.05) is 13.1 Å². The number of rotatable bonds is 7. The van der Waals surface area contributed by atoms with Crippen LogP contribution in [-0.4, -0.2) is 31.7 Å². The largest absolute Gasteiger partial charge is 0.349 e. The van der Waals surface area contributed by atoms with Gasteiger partial charge in [-0.25, -0.2) is 12.7 Å². The first-order valence-electron chi connectivity index (χ1n) is 12.3. The fourth-order valence-electron chi connectivity index (χ4n) is 5.18.